The first-order chi connectivity index (χ1) is 11.7. The van der Waals surface area contributed by atoms with Gasteiger partial charge in [0.1, 0.15) is 5.58 Å². The normalized spacial score (nSPS) is 19.4. The van der Waals surface area contributed by atoms with E-state index in [1.165, 1.54) is 11.8 Å². The van der Waals surface area contributed by atoms with E-state index in [0.717, 1.165) is 23.0 Å². The summed E-state index contributed by atoms with van der Waals surface area (Å²) in [7, 11) is 0. The Morgan fingerprint density at radius 2 is 2.04 bits per heavy atom. The first-order valence-corrected chi connectivity index (χ1v) is 8.92. The Morgan fingerprint density at radius 3 is 2.79 bits per heavy atom. The Bertz CT molecular complexity index is 878. The zero-order chi connectivity index (χ0) is 16.5. The standard InChI is InChI=1S/C18H17N3O2S/c1-11-9-14(11)21-17(22)16-13(10-24-18-19-7-4-8-20-18)12-5-2-3-6-15(12)23-16/h2-8,11,14H,9-10H2,1H3,(H,21,22). The average Bonchev–Trinajstić information content (AvgIpc) is 3.17. The van der Waals surface area contributed by atoms with E-state index in [-0.39, 0.29) is 11.9 Å². The van der Waals surface area contributed by atoms with Gasteiger partial charge in [-0.3, -0.25) is 4.79 Å². The number of benzene rings is 1. The number of hydrogen-bond acceptors (Lipinski definition) is 5. The molecule has 2 heterocycles. The van der Waals surface area contributed by atoms with Crippen molar-refractivity contribution in [1.29, 1.82) is 0 Å². The van der Waals surface area contributed by atoms with Gasteiger partial charge in [0.2, 0.25) is 0 Å². The zero-order valence-corrected chi connectivity index (χ0v) is 14.0. The molecule has 2 atom stereocenters. The predicted molar refractivity (Wildman–Crippen MR) is 92.8 cm³/mol. The predicted octanol–water partition coefficient (Wildman–Crippen LogP) is 3.65. The molecular weight excluding hydrogens is 322 g/mol. The van der Waals surface area contributed by atoms with Gasteiger partial charge in [-0.25, -0.2) is 9.97 Å². The van der Waals surface area contributed by atoms with Gasteiger partial charge in [-0.1, -0.05) is 36.9 Å². The Hall–Kier alpha value is -2.34. The highest BCUT2D eigenvalue weighted by Gasteiger charge is 2.35. The molecule has 5 nitrogen and oxygen atoms in total. The number of amides is 1. The third kappa shape index (κ3) is 3.01. The number of furan rings is 1. The highest BCUT2D eigenvalue weighted by atomic mass is 32.2. The zero-order valence-electron chi connectivity index (χ0n) is 13.2. The molecule has 0 spiro atoms. The summed E-state index contributed by atoms with van der Waals surface area (Å²) in [6, 6.07) is 9.79. The summed E-state index contributed by atoms with van der Waals surface area (Å²) in [6.45, 7) is 2.13. The molecule has 0 bridgehead atoms. The highest BCUT2D eigenvalue weighted by Crippen LogP contribution is 2.33. The Labute approximate surface area is 143 Å². The third-order valence-corrected chi connectivity index (χ3v) is 5.12. The maximum atomic E-state index is 12.6. The highest BCUT2D eigenvalue weighted by molar-refractivity contribution is 7.98. The van der Waals surface area contributed by atoms with E-state index in [1.807, 2.05) is 24.3 Å². The van der Waals surface area contributed by atoms with Gasteiger partial charge >= 0.3 is 0 Å². The maximum Gasteiger partial charge on any atom is 0.287 e. The smallest absolute Gasteiger partial charge is 0.287 e. The molecule has 1 fully saturated rings. The number of nitrogens with one attached hydrogen (secondary N) is 1. The summed E-state index contributed by atoms with van der Waals surface area (Å²) in [6.07, 6.45) is 4.46. The van der Waals surface area contributed by atoms with E-state index >= 15 is 0 Å². The summed E-state index contributed by atoms with van der Waals surface area (Å²) in [5.74, 6) is 1.40. The van der Waals surface area contributed by atoms with Gasteiger partial charge in [-0.2, -0.15) is 0 Å². The Kier molecular flexibility index (Phi) is 3.98. The van der Waals surface area contributed by atoms with Gasteiger partial charge < -0.3 is 9.73 Å². The van der Waals surface area contributed by atoms with Gasteiger partial charge in [0, 0.05) is 35.1 Å². The van der Waals surface area contributed by atoms with E-state index in [2.05, 4.69) is 22.2 Å². The van der Waals surface area contributed by atoms with Crippen LogP contribution in [0.2, 0.25) is 0 Å². The SMILES string of the molecule is CC1CC1NC(=O)c1oc2ccccc2c1CSc1ncccn1. The molecule has 1 aliphatic carbocycles. The molecule has 1 amide bonds. The summed E-state index contributed by atoms with van der Waals surface area (Å²) >= 11 is 1.50. The molecule has 122 valence electrons. The lowest BCUT2D eigenvalue weighted by atomic mass is 10.1. The molecule has 4 rings (SSSR count). The fourth-order valence-electron chi connectivity index (χ4n) is 2.68. The van der Waals surface area contributed by atoms with Gasteiger partial charge in [0.15, 0.2) is 10.9 Å². The minimum absolute atomic E-state index is 0.134. The van der Waals surface area contributed by atoms with E-state index in [1.54, 1.807) is 18.5 Å². The van der Waals surface area contributed by atoms with Gasteiger partial charge in [0.25, 0.3) is 5.91 Å². The quantitative estimate of drug-likeness (QED) is 0.567. The Balaban J connectivity index is 1.63. The molecule has 1 aliphatic rings. The average molecular weight is 339 g/mol. The summed E-state index contributed by atoms with van der Waals surface area (Å²) < 4.78 is 5.85. The van der Waals surface area contributed by atoms with Crippen LogP contribution in [0.3, 0.4) is 0 Å². The van der Waals surface area contributed by atoms with E-state index in [0.29, 0.717) is 22.6 Å². The number of aromatic nitrogens is 2. The molecule has 0 radical (unpaired) electrons. The van der Waals surface area contributed by atoms with Crippen molar-refractivity contribution >= 4 is 28.6 Å². The molecule has 6 heteroatoms. The van der Waals surface area contributed by atoms with Crippen molar-refractivity contribution in [2.45, 2.75) is 30.3 Å². The first kappa shape index (κ1) is 15.2. The lowest BCUT2D eigenvalue weighted by Gasteiger charge is -2.04. The lowest BCUT2D eigenvalue weighted by Crippen LogP contribution is -2.26. The van der Waals surface area contributed by atoms with Crippen LogP contribution in [0, 0.1) is 5.92 Å². The second kappa shape index (κ2) is 6.28. The summed E-state index contributed by atoms with van der Waals surface area (Å²) in [5.41, 5.74) is 1.63. The van der Waals surface area contributed by atoms with Crippen molar-refractivity contribution in [1.82, 2.24) is 15.3 Å². The third-order valence-electron chi connectivity index (χ3n) is 4.22. The number of fused-ring (bicyclic) bond motifs is 1. The fourth-order valence-corrected chi connectivity index (χ4v) is 3.51. The van der Waals surface area contributed by atoms with Crippen molar-refractivity contribution in [3.05, 3.63) is 54.0 Å². The van der Waals surface area contributed by atoms with Gasteiger partial charge in [0.05, 0.1) is 0 Å². The van der Waals surface area contributed by atoms with Crippen molar-refractivity contribution in [3.63, 3.8) is 0 Å². The van der Waals surface area contributed by atoms with Crippen LogP contribution < -0.4 is 5.32 Å². The number of hydrogen-bond donors (Lipinski definition) is 1. The van der Waals surface area contributed by atoms with E-state index in [4.69, 9.17) is 4.42 Å². The van der Waals surface area contributed by atoms with Gasteiger partial charge in [-0.15, -0.1) is 0 Å². The van der Waals surface area contributed by atoms with Crippen molar-refractivity contribution in [2.75, 3.05) is 0 Å². The fraction of sp³-hybridized carbons (Fsp3) is 0.278. The molecule has 3 aromatic rings. The topological polar surface area (TPSA) is 68.0 Å². The number of carbonyl (C=O) groups is 1. The number of thioether (sulfide) groups is 1. The lowest BCUT2D eigenvalue weighted by molar-refractivity contribution is 0.0922. The molecule has 0 aliphatic heterocycles. The minimum Gasteiger partial charge on any atom is -0.451 e. The monoisotopic (exact) mass is 339 g/mol. The maximum absolute atomic E-state index is 12.6. The van der Waals surface area contributed by atoms with Crippen molar-refractivity contribution in [2.24, 2.45) is 5.92 Å². The number of rotatable bonds is 5. The van der Waals surface area contributed by atoms with Crippen LogP contribution in [0.25, 0.3) is 11.0 Å². The Morgan fingerprint density at radius 1 is 1.29 bits per heavy atom. The van der Waals surface area contributed by atoms with Crippen LogP contribution in [0.1, 0.15) is 29.5 Å². The number of nitrogens with zero attached hydrogens (tertiary/aromatic N) is 2. The van der Waals surface area contributed by atoms with Crippen LogP contribution in [0.4, 0.5) is 0 Å². The summed E-state index contributed by atoms with van der Waals surface area (Å²) in [5, 5.41) is 4.70. The van der Waals surface area contributed by atoms with Crippen LogP contribution in [-0.4, -0.2) is 21.9 Å². The van der Waals surface area contributed by atoms with Crippen LogP contribution in [0.15, 0.2) is 52.3 Å². The second-order valence-electron chi connectivity index (χ2n) is 6.02. The molecule has 1 saturated carbocycles. The number of para-hydroxylation sites is 1. The van der Waals surface area contributed by atoms with Crippen LogP contribution >= 0.6 is 11.8 Å². The molecule has 1 aromatic carbocycles. The molecule has 24 heavy (non-hydrogen) atoms. The van der Waals surface area contributed by atoms with Crippen LogP contribution in [-0.2, 0) is 5.75 Å². The molecule has 1 N–H and O–H groups in total. The molecule has 0 saturated heterocycles. The summed E-state index contributed by atoms with van der Waals surface area (Å²) in [4.78, 5) is 21.0. The molecule has 2 aromatic heterocycles. The van der Waals surface area contributed by atoms with E-state index in [9.17, 15) is 4.79 Å². The van der Waals surface area contributed by atoms with Crippen molar-refractivity contribution in [3.8, 4) is 0 Å². The molecular formula is C18H17N3O2S. The number of carbonyl (C=O) groups excluding carboxylic acids is 1. The van der Waals surface area contributed by atoms with Crippen LogP contribution in [0.5, 0.6) is 0 Å². The molecule has 2 unspecified atom stereocenters. The largest absolute Gasteiger partial charge is 0.451 e. The second-order valence-corrected chi connectivity index (χ2v) is 6.96. The van der Waals surface area contributed by atoms with E-state index < -0.39 is 0 Å². The first-order valence-electron chi connectivity index (χ1n) is 7.93. The van der Waals surface area contributed by atoms with Crippen molar-refractivity contribution < 1.29 is 9.21 Å². The van der Waals surface area contributed by atoms with Gasteiger partial charge in [-0.05, 0) is 24.5 Å². The minimum atomic E-state index is -0.134.